The third-order valence-electron chi connectivity index (χ3n) is 3.97. The molecule has 0 saturated heterocycles. The van der Waals surface area contributed by atoms with Gasteiger partial charge in [0.05, 0.1) is 6.26 Å². The maximum atomic E-state index is 11.1. The molecule has 1 saturated carbocycles. The van der Waals surface area contributed by atoms with Gasteiger partial charge in [0.15, 0.2) is 0 Å². The Balaban J connectivity index is 1.97. The van der Waals surface area contributed by atoms with Gasteiger partial charge in [0.1, 0.15) is 0 Å². The Labute approximate surface area is 122 Å². The zero-order valence-corrected chi connectivity index (χ0v) is 13.2. The molecule has 3 atom stereocenters. The van der Waals surface area contributed by atoms with Crippen molar-refractivity contribution in [3.63, 3.8) is 0 Å². The van der Waals surface area contributed by atoms with Crippen LogP contribution < -0.4 is 10.0 Å². The van der Waals surface area contributed by atoms with Crippen LogP contribution in [-0.2, 0) is 10.0 Å². The van der Waals surface area contributed by atoms with Gasteiger partial charge in [-0.25, -0.2) is 8.42 Å². The van der Waals surface area contributed by atoms with Crippen molar-refractivity contribution in [1.29, 1.82) is 0 Å². The number of sulfonamides is 1. The summed E-state index contributed by atoms with van der Waals surface area (Å²) >= 11 is 0. The first-order valence-electron chi connectivity index (χ1n) is 7.18. The Morgan fingerprint density at radius 2 is 1.65 bits per heavy atom. The van der Waals surface area contributed by atoms with E-state index in [1.54, 1.807) is 12.1 Å². The monoisotopic (exact) mass is 296 g/mol. The molecule has 0 aliphatic heterocycles. The van der Waals surface area contributed by atoms with Gasteiger partial charge >= 0.3 is 0 Å². The molecule has 3 unspecified atom stereocenters. The molecule has 1 aliphatic carbocycles. The fraction of sp³-hybridized carbons (Fsp3) is 0.600. The second kappa shape index (κ2) is 6.04. The predicted molar refractivity (Wildman–Crippen MR) is 84.5 cm³/mol. The van der Waals surface area contributed by atoms with Crippen LogP contribution in [0.1, 0.15) is 33.1 Å². The van der Waals surface area contributed by atoms with Crippen molar-refractivity contribution in [2.45, 2.75) is 39.2 Å². The van der Waals surface area contributed by atoms with Crippen molar-refractivity contribution in [1.82, 2.24) is 0 Å². The summed E-state index contributed by atoms with van der Waals surface area (Å²) in [7, 11) is -3.20. The van der Waals surface area contributed by atoms with Crippen molar-refractivity contribution in [3.05, 3.63) is 24.3 Å². The summed E-state index contributed by atoms with van der Waals surface area (Å²) in [6.45, 7) is 4.62. The number of hydrogen-bond acceptors (Lipinski definition) is 3. The molecule has 2 rings (SSSR count). The Morgan fingerprint density at radius 1 is 1.05 bits per heavy atom. The second-order valence-electron chi connectivity index (χ2n) is 6.10. The van der Waals surface area contributed by atoms with Crippen molar-refractivity contribution < 1.29 is 8.42 Å². The summed E-state index contributed by atoms with van der Waals surface area (Å²) in [6.07, 6.45) is 4.90. The summed E-state index contributed by atoms with van der Waals surface area (Å²) in [4.78, 5) is 0. The topological polar surface area (TPSA) is 58.2 Å². The Kier molecular flexibility index (Phi) is 4.58. The highest BCUT2D eigenvalue weighted by molar-refractivity contribution is 7.92. The molecule has 1 aromatic rings. The van der Waals surface area contributed by atoms with E-state index in [-0.39, 0.29) is 0 Å². The molecule has 0 aromatic heterocycles. The summed E-state index contributed by atoms with van der Waals surface area (Å²) < 4.78 is 24.8. The number of hydrogen-bond donors (Lipinski definition) is 2. The molecule has 0 radical (unpaired) electrons. The van der Waals surface area contributed by atoms with Crippen molar-refractivity contribution in [3.8, 4) is 0 Å². The Morgan fingerprint density at radius 3 is 2.20 bits per heavy atom. The van der Waals surface area contributed by atoms with E-state index in [1.165, 1.54) is 19.3 Å². The molecule has 20 heavy (non-hydrogen) atoms. The quantitative estimate of drug-likeness (QED) is 0.896. The molecule has 5 heteroatoms. The minimum atomic E-state index is -3.20. The highest BCUT2D eigenvalue weighted by atomic mass is 32.2. The Hall–Kier alpha value is -1.23. The molecule has 4 nitrogen and oxygen atoms in total. The summed E-state index contributed by atoms with van der Waals surface area (Å²) in [5.41, 5.74) is 1.65. The lowest BCUT2D eigenvalue weighted by atomic mass is 9.80. The molecule has 0 amide bonds. The van der Waals surface area contributed by atoms with Gasteiger partial charge in [-0.1, -0.05) is 13.8 Å². The standard InChI is InChI=1S/C15H24N2O2S/c1-11-4-9-15(12(2)10-11)16-13-5-7-14(8-6-13)17-20(3,18)19/h5-8,11-12,15-17H,4,9-10H2,1-3H3. The average Bonchev–Trinajstić information content (AvgIpc) is 2.33. The third kappa shape index (κ3) is 4.40. The largest absolute Gasteiger partial charge is 0.382 e. The van der Waals surface area contributed by atoms with Gasteiger partial charge in [0.2, 0.25) is 10.0 Å². The highest BCUT2D eigenvalue weighted by Gasteiger charge is 2.24. The van der Waals surface area contributed by atoms with Crippen LogP contribution in [0.2, 0.25) is 0 Å². The van der Waals surface area contributed by atoms with Gasteiger partial charge in [-0.05, 0) is 55.4 Å². The van der Waals surface area contributed by atoms with E-state index in [2.05, 4.69) is 23.9 Å². The van der Waals surface area contributed by atoms with Crippen molar-refractivity contribution in [2.75, 3.05) is 16.3 Å². The molecule has 0 spiro atoms. The van der Waals surface area contributed by atoms with Crippen LogP contribution in [0.4, 0.5) is 11.4 Å². The van der Waals surface area contributed by atoms with Crippen LogP contribution in [-0.4, -0.2) is 20.7 Å². The van der Waals surface area contributed by atoms with Crippen LogP contribution in [0.25, 0.3) is 0 Å². The normalized spacial score (nSPS) is 27.1. The van der Waals surface area contributed by atoms with Crippen LogP contribution in [0, 0.1) is 11.8 Å². The van der Waals surface area contributed by atoms with E-state index < -0.39 is 10.0 Å². The predicted octanol–water partition coefficient (Wildman–Crippen LogP) is 3.29. The minimum absolute atomic E-state index is 0.514. The Bertz CT molecular complexity index is 539. The zero-order valence-electron chi connectivity index (χ0n) is 12.4. The molecule has 0 heterocycles. The molecule has 1 aliphatic rings. The highest BCUT2D eigenvalue weighted by Crippen LogP contribution is 2.30. The molecule has 2 N–H and O–H groups in total. The second-order valence-corrected chi connectivity index (χ2v) is 7.85. The number of anilines is 2. The lowest BCUT2D eigenvalue weighted by Crippen LogP contribution is -2.32. The van der Waals surface area contributed by atoms with Gasteiger partial charge in [0.25, 0.3) is 0 Å². The van der Waals surface area contributed by atoms with Gasteiger partial charge in [-0.2, -0.15) is 0 Å². The first kappa shape index (κ1) is 15.2. The maximum Gasteiger partial charge on any atom is 0.229 e. The smallest absolute Gasteiger partial charge is 0.229 e. The lowest BCUT2D eigenvalue weighted by molar-refractivity contribution is 0.276. The van der Waals surface area contributed by atoms with Gasteiger partial charge in [-0.15, -0.1) is 0 Å². The number of benzene rings is 1. The third-order valence-corrected chi connectivity index (χ3v) is 4.58. The van der Waals surface area contributed by atoms with Gasteiger partial charge < -0.3 is 5.32 Å². The summed E-state index contributed by atoms with van der Waals surface area (Å²) in [6, 6.07) is 7.95. The number of rotatable bonds is 4. The van der Waals surface area contributed by atoms with E-state index >= 15 is 0 Å². The fourth-order valence-corrected chi connectivity index (χ4v) is 3.51. The first-order valence-corrected chi connectivity index (χ1v) is 9.07. The van der Waals surface area contributed by atoms with Crippen LogP contribution in [0.5, 0.6) is 0 Å². The van der Waals surface area contributed by atoms with Crippen LogP contribution in [0.3, 0.4) is 0 Å². The van der Waals surface area contributed by atoms with Crippen LogP contribution in [0.15, 0.2) is 24.3 Å². The number of nitrogens with one attached hydrogen (secondary N) is 2. The molecular formula is C15H24N2O2S. The van der Waals surface area contributed by atoms with E-state index in [4.69, 9.17) is 0 Å². The van der Waals surface area contributed by atoms with Crippen molar-refractivity contribution in [2.24, 2.45) is 11.8 Å². The molecule has 1 aromatic carbocycles. The fourth-order valence-electron chi connectivity index (χ4n) is 2.94. The minimum Gasteiger partial charge on any atom is -0.382 e. The van der Waals surface area contributed by atoms with E-state index in [9.17, 15) is 8.42 Å². The first-order chi connectivity index (χ1) is 9.33. The zero-order chi connectivity index (χ0) is 14.8. The van der Waals surface area contributed by atoms with Gasteiger partial charge in [-0.3, -0.25) is 4.72 Å². The van der Waals surface area contributed by atoms with E-state index in [0.717, 1.165) is 17.9 Å². The lowest BCUT2D eigenvalue weighted by Gasteiger charge is -2.33. The average molecular weight is 296 g/mol. The van der Waals surface area contributed by atoms with Gasteiger partial charge in [0, 0.05) is 17.4 Å². The van der Waals surface area contributed by atoms with Crippen molar-refractivity contribution >= 4 is 21.4 Å². The SMILES string of the molecule is CC1CCC(Nc2ccc(NS(C)(=O)=O)cc2)C(C)C1. The molecule has 0 bridgehead atoms. The van der Waals surface area contributed by atoms with Crippen LogP contribution >= 0.6 is 0 Å². The summed E-state index contributed by atoms with van der Waals surface area (Å²) in [5.74, 6) is 1.50. The molecular weight excluding hydrogens is 272 g/mol. The van der Waals surface area contributed by atoms with E-state index in [0.29, 0.717) is 17.6 Å². The van der Waals surface area contributed by atoms with E-state index in [1.807, 2.05) is 12.1 Å². The molecule has 1 fully saturated rings. The maximum absolute atomic E-state index is 11.1. The molecule has 112 valence electrons. The summed E-state index contributed by atoms with van der Waals surface area (Å²) in [5, 5.41) is 3.56.